The highest BCUT2D eigenvalue weighted by atomic mass is 127. The third-order valence-corrected chi connectivity index (χ3v) is 2.91. The van der Waals surface area contributed by atoms with Crippen LogP contribution in [0.15, 0.2) is 12.5 Å². The molecule has 0 saturated carbocycles. The molecule has 0 amide bonds. The van der Waals surface area contributed by atoms with Crippen LogP contribution in [0.4, 0.5) is 33.5 Å². The third kappa shape index (κ3) is 2.46. The lowest BCUT2D eigenvalue weighted by molar-refractivity contribution is 0.382. The molecule has 19 heavy (non-hydrogen) atoms. The lowest BCUT2D eigenvalue weighted by Crippen LogP contribution is -2.08. The van der Waals surface area contributed by atoms with Crippen molar-refractivity contribution in [3.05, 3.63) is 45.2 Å². The highest BCUT2D eigenvalue weighted by Crippen LogP contribution is 2.30. The fourth-order valence-corrected chi connectivity index (χ4v) is 1.67. The molecule has 0 radical (unpaired) electrons. The van der Waals surface area contributed by atoms with Crippen molar-refractivity contribution in [1.29, 1.82) is 0 Å². The molecule has 0 bridgehead atoms. The van der Waals surface area contributed by atoms with Crippen molar-refractivity contribution < 1.29 is 22.0 Å². The molecule has 0 saturated heterocycles. The largest absolute Gasteiger partial charge is 0.334 e. The minimum absolute atomic E-state index is 0.0705. The van der Waals surface area contributed by atoms with E-state index < -0.39 is 34.8 Å². The molecule has 1 aromatic heterocycles. The van der Waals surface area contributed by atoms with Crippen LogP contribution in [-0.4, -0.2) is 9.97 Å². The molecule has 1 aromatic carbocycles. The molecule has 0 unspecified atom stereocenters. The number of hydrogen-bond donors (Lipinski definition) is 1. The van der Waals surface area contributed by atoms with Crippen LogP contribution in [0.3, 0.4) is 0 Å². The van der Waals surface area contributed by atoms with Crippen molar-refractivity contribution in [3.63, 3.8) is 0 Å². The summed E-state index contributed by atoms with van der Waals surface area (Å²) in [5.74, 6) is -10.2. The van der Waals surface area contributed by atoms with Gasteiger partial charge in [0.25, 0.3) is 0 Å². The Morgan fingerprint density at radius 1 is 0.895 bits per heavy atom. The fourth-order valence-electron chi connectivity index (χ4n) is 1.24. The standard InChI is InChI=1S/C10H3F5IN3/c11-4-5(12)7(14)9(8(15)6(4)13)19-10-3(16)1-17-2-18-10/h1-2H,(H,17,18,19). The summed E-state index contributed by atoms with van der Waals surface area (Å²) in [5, 5.41) is 2.06. The van der Waals surface area contributed by atoms with E-state index >= 15 is 0 Å². The molecule has 2 rings (SSSR count). The number of aromatic nitrogens is 2. The Bertz CT molecular complexity index is 620. The van der Waals surface area contributed by atoms with Crippen LogP contribution in [0.5, 0.6) is 0 Å². The number of anilines is 2. The lowest BCUT2D eigenvalue weighted by atomic mass is 10.2. The maximum absolute atomic E-state index is 13.4. The van der Waals surface area contributed by atoms with Gasteiger partial charge in [-0.1, -0.05) is 0 Å². The summed E-state index contributed by atoms with van der Waals surface area (Å²) in [7, 11) is 0. The quantitative estimate of drug-likeness (QED) is 0.371. The normalized spacial score (nSPS) is 10.6. The first kappa shape index (κ1) is 13.9. The summed E-state index contributed by atoms with van der Waals surface area (Å²) in [6.45, 7) is 0. The Balaban J connectivity index is 2.56. The van der Waals surface area contributed by atoms with Gasteiger partial charge in [-0.3, -0.25) is 0 Å². The Morgan fingerprint density at radius 2 is 1.42 bits per heavy atom. The van der Waals surface area contributed by atoms with Gasteiger partial charge in [0, 0.05) is 6.20 Å². The Morgan fingerprint density at radius 3 is 1.95 bits per heavy atom. The smallest absolute Gasteiger partial charge is 0.200 e. The maximum Gasteiger partial charge on any atom is 0.200 e. The van der Waals surface area contributed by atoms with E-state index in [1.165, 1.54) is 6.20 Å². The van der Waals surface area contributed by atoms with Crippen LogP contribution in [0, 0.1) is 32.7 Å². The minimum atomic E-state index is -2.21. The highest BCUT2D eigenvalue weighted by molar-refractivity contribution is 14.1. The van der Waals surface area contributed by atoms with Crippen molar-refractivity contribution >= 4 is 34.1 Å². The van der Waals surface area contributed by atoms with Crippen LogP contribution < -0.4 is 5.32 Å². The predicted molar refractivity (Wildman–Crippen MR) is 64.3 cm³/mol. The zero-order valence-electron chi connectivity index (χ0n) is 8.82. The fraction of sp³-hybridized carbons (Fsp3) is 0. The Kier molecular flexibility index (Phi) is 3.83. The third-order valence-electron chi connectivity index (χ3n) is 2.12. The number of nitrogens with zero attached hydrogens (tertiary/aromatic N) is 2. The topological polar surface area (TPSA) is 37.8 Å². The van der Waals surface area contributed by atoms with Gasteiger partial charge >= 0.3 is 0 Å². The number of hydrogen-bond acceptors (Lipinski definition) is 3. The molecular formula is C10H3F5IN3. The monoisotopic (exact) mass is 387 g/mol. The molecule has 0 aliphatic rings. The van der Waals surface area contributed by atoms with Gasteiger partial charge < -0.3 is 5.32 Å². The van der Waals surface area contributed by atoms with Crippen molar-refractivity contribution in [1.82, 2.24) is 9.97 Å². The van der Waals surface area contributed by atoms with E-state index in [1.54, 1.807) is 22.6 Å². The molecule has 1 heterocycles. The van der Waals surface area contributed by atoms with E-state index in [-0.39, 0.29) is 5.82 Å². The van der Waals surface area contributed by atoms with E-state index in [0.29, 0.717) is 3.57 Å². The summed E-state index contributed by atoms with van der Waals surface area (Å²) in [6, 6.07) is 0. The van der Waals surface area contributed by atoms with Crippen molar-refractivity contribution in [3.8, 4) is 0 Å². The Hall–Kier alpha value is -1.52. The van der Waals surface area contributed by atoms with Crippen molar-refractivity contribution in [2.24, 2.45) is 0 Å². The van der Waals surface area contributed by atoms with Gasteiger partial charge in [0.15, 0.2) is 23.3 Å². The second-order valence-electron chi connectivity index (χ2n) is 3.29. The zero-order chi connectivity index (χ0) is 14.2. The molecule has 0 aliphatic carbocycles. The van der Waals surface area contributed by atoms with Crippen LogP contribution >= 0.6 is 22.6 Å². The minimum Gasteiger partial charge on any atom is -0.334 e. The SMILES string of the molecule is Fc1c(F)c(F)c(Nc2ncncc2I)c(F)c1F. The molecule has 2 aromatic rings. The van der Waals surface area contributed by atoms with Crippen molar-refractivity contribution in [2.75, 3.05) is 5.32 Å². The van der Waals surface area contributed by atoms with Gasteiger partial charge in [0.2, 0.25) is 5.82 Å². The second kappa shape index (κ2) is 5.23. The lowest BCUT2D eigenvalue weighted by Gasteiger charge is -2.10. The summed E-state index contributed by atoms with van der Waals surface area (Å²) >= 11 is 1.74. The molecule has 1 N–H and O–H groups in total. The van der Waals surface area contributed by atoms with Gasteiger partial charge in [-0.05, 0) is 22.6 Å². The zero-order valence-corrected chi connectivity index (χ0v) is 11.0. The molecule has 100 valence electrons. The van der Waals surface area contributed by atoms with E-state index in [1.807, 2.05) is 0 Å². The number of nitrogens with one attached hydrogen (secondary N) is 1. The van der Waals surface area contributed by atoms with Crippen LogP contribution in [0.25, 0.3) is 0 Å². The molecule has 0 spiro atoms. The molecule has 0 atom stereocenters. The summed E-state index contributed by atoms with van der Waals surface area (Å²) in [5.41, 5.74) is -1.16. The van der Waals surface area contributed by atoms with Gasteiger partial charge in [0.1, 0.15) is 17.8 Å². The molecule has 9 heteroatoms. The summed E-state index contributed by atoms with van der Waals surface area (Å²) in [4.78, 5) is 7.26. The van der Waals surface area contributed by atoms with E-state index in [0.717, 1.165) is 6.33 Å². The average Bonchev–Trinajstić information content (AvgIpc) is 2.41. The molecule has 0 fully saturated rings. The average molecular weight is 387 g/mol. The van der Waals surface area contributed by atoms with Crippen LogP contribution in [0.1, 0.15) is 0 Å². The van der Waals surface area contributed by atoms with Crippen molar-refractivity contribution in [2.45, 2.75) is 0 Å². The van der Waals surface area contributed by atoms with Gasteiger partial charge in [-0.25, -0.2) is 31.9 Å². The maximum atomic E-state index is 13.4. The first-order valence-electron chi connectivity index (χ1n) is 4.67. The number of benzene rings is 1. The second-order valence-corrected chi connectivity index (χ2v) is 4.45. The first-order valence-corrected chi connectivity index (χ1v) is 5.75. The molecule has 0 aliphatic heterocycles. The van der Waals surface area contributed by atoms with Gasteiger partial charge in [-0.2, -0.15) is 0 Å². The highest BCUT2D eigenvalue weighted by Gasteiger charge is 2.26. The van der Waals surface area contributed by atoms with Gasteiger partial charge in [-0.15, -0.1) is 0 Å². The number of rotatable bonds is 2. The number of halogens is 6. The van der Waals surface area contributed by atoms with Crippen LogP contribution in [-0.2, 0) is 0 Å². The molecular weight excluding hydrogens is 384 g/mol. The van der Waals surface area contributed by atoms with E-state index in [9.17, 15) is 22.0 Å². The van der Waals surface area contributed by atoms with E-state index in [4.69, 9.17) is 0 Å². The Labute approximate surface area is 117 Å². The predicted octanol–water partition coefficient (Wildman–Crippen LogP) is 3.52. The summed E-state index contributed by atoms with van der Waals surface area (Å²) < 4.78 is 65.9. The van der Waals surface area contributed by atoms with E-state index in [2.05, 4.69) is 15.3 Å². The first-order chi connectivity index (χ1) is 8.93. The van der Waals surface area contributed by atoms with Gasteiger partial charge in [0.05, 0.1) is 3.57 Å². The molecule has 3 nitrogen and oxygen atoms in total. The van der Waals surface area contributed by atoms with Crippen LogP contribution in [0.2, 0.25) is 0 Å². The summed E-state index contributed by atoms with van der Waals surface area (Å²) in [6.07, 6.45) is 2.37.